The number of halogens is 4. The maximum atomic E-state index is 2.46. The minimum absolute atomic E-state index is 0. The molecule has 9 heteroatoms. The van der Waals surface area contributed by atoms with E-state index in [1.807, 2.05) is 0 Å². The molecule has 2 rings (SSSR count). The molecule has 0 aliphatic rings. The van der Waals surface area contributed by atoms with E-state index >= 15 is 0 Å². The van der Waals surface area contributed by atoms with E-state index in [-0.39, 0.29) is 80.7 Å². The van der Waals surface area contributed by atoms with Crippen LogP contribution in [0.1, 0.15) is 0 Å². The summed E-state index contributed by atoms with van der Waals surface area (Å²) in [4.78, 5) is 0. The van der Waals surface area contributed by atoms with E-state index in [4.69, 9.17) is 0 Å². The van der Waals surface area contributed by atoms with E-state index in [1.54, 1.807) is 20.7 Å². The molecule has 0 radical (unpaired) electrons. The van der Waals surface area contributed by atoms with Gasteiger partial charge in [0, 0.05) is 32.3 Å². The molecule has 0 saturated carbocycles. The van der Waals surface area contributed by atoms with Gasteiger partial charge in [0.05, 0.1) is 0 Å². The largest absolute Gasteiger partial charge is 4.00 e. The molecular weight excluding hydrogens is 756 g/mol. The molecular formula is C22H42Cl4Si4U-2. The molecule has 0 aliphatic heterocycles. The van der Waals surface area contributed by atoms with Gasteiger partial charge in [-0.2, -0.15) is 34.6 Å². The number of hydrogen-bond donors (Lipinski definition) is 0. The predicted molar refractivity (Wildman–Crippen MR) is 136 cm³/mol. The summed E-state index contributed by atoms with van der Waals surface area (Å²) in [5, 5.41) is 6.46. The van der Waals surface area contributed by atoms with E-state index in [0.29, 0.717) is 0 Å². The molecule has 2 aromatic rings. The first-order valence-electron chi connectivity index (χ1n) is 9.98. The van der Waals surface area contributed by atoms with Crippen LogP contribution in [0.3, 0.4) is 0 Å². The van der Waals surface area contributed by atoms with Crippen LogP contribution in [0, 0.1) is 31.1 Å². The smallest absolute Gasteiger partial charge is 1.00 e. The molecule has 0 unspecified atom stereocenters. The number of rotatable bonds is 4. The van der Waals surface area contributed by atoms with Gasteiger partial charge in [-0.3, -0.25) is 0 Å². The second kappa shape index (κ2) is 15.7. The Kier molecular flexibility index (Phi) is 21.7. The Labute approximate surface area is 246 Å². The summed E-state index contributed by atoms with van der Waals surface area (Å²) in [5.74, 6) is 0. The first kappa shape index (κ1) is 42.9. The zero-order valence-electron chi connectivity index (χ0n) is 21.5. The minimum Gasteiger partial charge on any atom is -1.00 e. The third kappa shape index (κ3) is 14.7. The van der Waals surface area contributed by atoms with Crippen molar-refractivity contribution in [2.24, 2.45) is 0 Å². The van der Waals surface area contributed by atoms with Crippen molar-refractivity contribution in [3.05, 3.63) is 36.4 Å². The van der Waals surface area contributed by atoms with Crippen LogP contribution in [0.2, 0.25) is 78.6 Å². The van der Waals surface area contributed by atoms with Crippen molar-refractivity contribution in [1.82, 2.24) is 0 Å². The molecule has 0 spiro atoms. The first-order chi connectivity index (χ1) is 11.4. The molecule has 0 aliphatic carbocycles. The Morgan fingerprint density at radius 3 is 0.806 bits per heavy atom. The van der Waals surface area contributed by atoms with Crippen LogP contribution in [-0.2, 0) is 0 Å². The van der Waals surface area contributed by atoms with Crippen LogP contribution in [-0.4, -0.2) is 32.3 Å². The van der Waals surface area contributed by atoms with E-state index < -0.39 is 32.3 Å². The molecule has 0 atom stereocenters. The molecule has 0 N–H and O–H groups in total. The summed E-state index contributed by atoms with van der Waals surface area (Å²) in [6, 6.07) is 14.3. The van der Waals surface area contributed by atoms with Crippen LogP contribution >= 0.6 is 0 Å². The van der Waals surface area contributed by atoms with Crippen LogP contribution in [0.4, 0.5) is 0 Å². The zero-order valence-corrected chi connectivity index (χ0v) is 32.7. The standard InChI is InChI=1S/2C11H21Si2.4ClH.U/c2*1-12(2,3)10-7-8-11(9-10)13(4,5)6;;;;;/h2*7-9H,1-6H3;4*1H;/q2*-1;;;;;+4/p-4. The van der Waals surface area contributed by atoms with Gasteiger partial charge in [-0.1, -0.05) is 78.6 Å². The van der Waals surface area contributed by atoms with Crippen LogP contribution < -0.4 is 70.4 Å². The fraction of sp³-hybridized carbons (Fsp3) is 0.545. The summed E-state index contributed by atoms with van der Waals surface area (Å²) in [6.45, 7) is 29.0. The van der Waals surface area contributed by atoms with E-state index in [9.17, 15) is 0 Å². The number of hydrogen-bond acceptors (Lipinski definition) is 0. The third-order valence-corrected chi connectivity index (χ3v) is 13.1. The van der Waals surface area contributed by atoms with Crippen molar-refractivity contribution >= 4 is 53.0 Å². The van der Waals surface area contributed by atoms with Gasteiger partial charge in [-0.05, 0) is 0 Å². The summed E-state index contributed by atoms with van der Waals surface area (Å²) in [6.07, 6.45) is 0. The van der Waals surface area contributed by atoms with Crippen molar-refractivity contribution < 1.29 is 80.7 Å². The molecule has 0 fully saturated rings. The second-order valence-corrected chi connectivity index (χ2v) is 32.1. The van der Waals surface area contributed by atoms with Gasteiger partial charge < -0.3 is 49.6 Å². The van der Waals surface area contributed by atoms with Crippen molar-refractivity contribution in [1.29, 1.82) is 0 Å². The van der Waals surface area contributed by atoms with Gasteiger partial charge in [-0.15, -0.1) is 0 Å². The van der Waals surface area contributed by atoms with Crippen molar-refractivity contribution in [2.45, 2.75) is 78.6 Å². The molecule has 0 heterocycles. The summed E-state index contributed by atoms with van der Waals surface area (Å²) >= 11 is 0. The quantitative estimate of drug-likeness (QED) is 0.214. The third-order valence-electron chi connectivity index (χ3n) is 4.97. The van der Waals surface area contributed by atoms with Gasteiger partial charge in [-0.25, -0.2) is 22.5 Å². The SMILES string of the molecule is C[Si](C)(C)c1cc[c-]([Si](C)(C)C)c1.C[Si](C)(C)c1cc[c-]([Si](C)(C)C)c1.[Cl-].[Cl-].[Cl-].[Cl-].[U+4]. The Morgan fingerprint density at radius 2 is 0.710 bits per heavy atom. The maximum absolute atomic E-state index is 2.46. The van der Waals surface area contributed by atoms with E-state index in [0.717, 1.165) is 0 Å². The molecule has 0 amide bonds. The predicted octanol–water partition coefficient (Wildman–Crippen LogP) is -6.99. The molecule has 0 aromatic heterocycles. The molecule has 0 saturated heterocycles. The van der Waals surface area contributed by atoms with E-state index in [2.05, 4.69) is 115 Å². The summed E-state index contributed by atoms with van der Waals surface area (Å²) < 4.78 is 0. The molecule has 180 valence electrons. The van der Waals surface area contributed by atoms with Gasteiger partial charge in [0.1, 0.15) is 0 Å². The topological polar surface area (TPSA) is 0 Å². The Balaban J connectivity index is -0.000000125. The molecule has 0 nitrogen and oxygen atoms in total. The minimum atomic E-state index is -1.07. The summed E-state index contributed by atoms with van der Waals surface area (Å²) in [5.41, 5.74) is 0. The summed E-state index contributed by atoms with van der Waals surface area (Å²) in [7, 11) is -4.28. The van der Waals surface area contributed by atoms with Gasteiger partial charge >= 0.3 is 31.1 Å². The molecule has 2 aromatic carbocycles. The Bertz CT molecular complexity index is 596. The molecule has 0 bridgehead atoms. The van der Waals surface area contributed by atoms with Crippen LogP contribution in [0.25, 0.3) is 0 Å². The van der Waals surface area contributed by atoms with Crippen molar-refractivity contribution in [3.63, 3.8) is 0 Å². The normalized spacial score (nSPS) is 11.2. The van der Waals surface area contributed by atoms with Crippen molar-refractivity contribution in [3.8, 4) is 0 Å². The van der Waals surface area contributed by atoms with Gasteiger partial charge in [0.15, 0.2) is 0 Å². The monoisotopic (exact) mass is 796 g/mol. The Morgan fingerprint density at radius 1 is 0.484 bits per heavy atom. The fourth-order valence-corrected chi connectivity index (χ4v) is 7.73. The van der Waals surface area contributed by atoms with Gasteiger partial charge in [0.2, 0.25) is 0 Å². The first-order valence-corrected chi connectivity index (χ1v) is 24.0. The van der Waals surface area contributed by atoms with Crippen molar-refractivity contribution in [2.75, 3.05) is 0 Å². The molecule has 31 heavy (non-hydrogen) atoms. The average Bonchev–Trinajstić information content (AvgIpc) is 3.06. The average molecular weight is 799 g/mol. The zero-order chi connectivity index (χ0) is 20.6. The van der Waals surface area contributed by atoms with E-state index in [1.165, 1.54) is 0 Å². The maximum Gasteiger partial charge on any atom is 4.00 e. The van der Waals surface area contributed by atoms with Gasteiger partial charge in [0.25, 0.3) is 0 Å². The Hall–Kier alpha value is 1.78. The fourth-order valence-electron chi connectivity index (χ4n) is 2.75. The van der Waals surface area contributed by atoms with Crippen LogP contribution in [0.15, 0.2) is 36.4 Å². The second-order valence-electron chi connectivity index (χ2n) is 11.8. The van der Waals surface area contributed by atoms with Crippen LogP contribution in [0.5, 0.6) is 0 Å².